The third-order valence-electron chi connectivity index (χ3n) is 3.75. The van der Waals surface area contributed by atoms with E-state index < -0.39 is 16.1 Å². The summed E-state index contributed by atoms with van der Waals surface area (Å²) in [6, 6.07) is 3.80. The van der Waals surface area contributed by atoms with Crippen molar-refractivity contribution in [3.8, 4) is 0 Å². The number of aliphatic hydroxyl groups excluding tert-OH is 1. The maximum Gasteiger partial charge on any atom is 0.211 e. The van der Waals surface area contributed by atoms with Gasteiger partial charge in [-0.1, -0.05) is 6.07 Å². The molecule has 112 valence electrons. The molecule has 1 aliphatic heterocycles. The smallest absolute Gasteiger partial charge is 0.211 e. The minimum atomic E-state index is -3.11. The summed E-state index contributed by atoms with van der Waals surface area (Å²) in [5.74, 6) is 0.241. The van der Waals surface area contributed by atoms with Gasteiger partial charge in [0, 0.05) is 25.5 Å². The number of sulfonamides is 1. The van der Waals surface area contributed by atoms with Crippen LogP contribution in [-0.2, 0) is 16.4 Å². The highest BCUT2D eigenvalue weighted by atomic mass is 32.2. The van der Waals surface area contributed by atoms with Crippen molar-refractivity contribution in [2.75, 3.05) is 19.3 Å². The predicted octanol–water partition coefficient (Wildman–Crippen LogP) is 1.05. The van der Waals surface area contributed by atoms with Crippen LogP contribution in [0.1, 0.15) is 24.8 Å². The van der Waals surface area contributed by atoms with Crippen LogP contribution in [0.5, 0.6) is 0 Å². The van der Waals surface area contributed by atoms with Crippen LogP contribution in [-0.4, -0.2) is 48.3 Å². The molecular formula is C14H22N2O3S. The maximum atomic E-state index is 11.6. The van der Waals surface area contributed by atoms with E-state index in [1.54, 1.807) is 12.4 Å². The number of hydrogen-bond donors (Lipinski definition) is 1. The molecule has 20 heavy (non-hydrogen) atoms. The minimum absolute atomic E-state index is 0.241. The topological polar surface area (TPSA) is 70.5 Å². The molecule has 0 bridgehead atoms. The fourth-order valence-electron chi connectivity index (χ4n) is 2.78. The van der Waals surface area contributed by atoms with E-state index in [1.807, 2.05) is 12.1 Å². The Morgan fingerprint density at radius 3 is 3.00 bits per heavy atom. The summed E-state index contributed by atoms with van der Waals surface area (Å²) < 4.78 is 24.7. The van der Waals surface area contributed by atoms with Crippen LogP contribution < -0.4 is 0 Å². The standard InChI is InChI=1S/C14H22N2O3S/c1-20(18,19)16-7-3-5-13(11-16)9-14(17)8-12-4-2-6-15-10-12/h2,4,6,10,13-14,17H,3,5,7-9,11H2,1H3. The second-order valence-electron chi connectivity index (χ2n) is 5.58. The average molecular weight is 298 g/mol. The van der Waals surface area contributed by atoms with Crippen LogP contribution in [0.2, 0.25) is 0 Å². The Hall–Kier alpha value is -0.980. The number of aliphatic hydroxyl groups is 1. The van der Waals surface area contributed by atoms with Crippen molar-refractivity contribution in [2.24, 2.45) is 5.92 Å². The molecule has 2 rings (SSSR count). The highest BCUT2D eigenvalue weighted by Gasteiger charge is 2.27. The fourth-order valence-corrected chi connectivity index (χ4v) is 3.72. The van der Waals surface area contributed by atoms with Crippen molar-refractivity contribution in [1.29, 1.82) is 0 Å². The summed E-state index contributed by atoms with van der Waals surface area (Å²) in [7, 11) is -3.11. The molecular weight excluding hydrogens is 276 g/mol. The van der Waals surface area contributed by atoms with E-state index in [1.165, 1.54) is 10.6 Å². The zero-order valence-electron chi connectivity index (χ0n) is 11.8. The van der Waals surface area contributed by atoms with E-state index >= 15 is 0 Å². The van der Waals surface area contributed by atoms with Crippen LogP contribution in [0.3, 0.4) is 0 Å². The van der Waals surface area contributed by atoms with Gasteiger partial charge in [-0.15, -0.1) is 0 Å². The molecule has 0 radical (unpaired) electrons. The molecule has 5 nitrogen and oxygen atoms in total. The zero-order valence-corrected chi connectivity index (χ0v) is 12.6. The lowest BCUT2D eigenvalue weighted by molar-refractivity contribution is 0.122. The van der Waals surface area contributed by atoms with E-state index in [-0.39, 0.29) is 5.92 Å². The van der Waals surface area contributed by atoms with E-state index in [0.29, 0.717) is 25.9 Å². The molecule has 6 heteroatoms. The molecule has 0 aliphatic carbocycles. The third kappa shape index (κ3) is 4.54. The first kappa shape index (κ1) is 15.4. The largest absolute Gasteiger partial charge is 0.393 e. The van der Waals surface area contributed by atoms with Crippen LogP contribution in [0.4, 0.5) is 0 Å². The van der Waals surface area contributed by atoms with Gasteiger partial charge in [0.2, 0.25) is 10.0 Å². The second kappa shape index (κ2) is 6.65. The highest BCUT2D eigenvalue weighted by molar-refractivity contribution is 7.88. The van der Waals surface area contributed by atoms with Crippen molar-refractivity contribution in [2.45, 2.75) is 31.8 Å². The molecule has 2 heterocycles. The maximum absolute atomic E-state index is 11.6. The van der Waals surface area contributed by atoms with Gasteiger partial charge in [0.25, 0.3) is 0 Å². The van der Waals surface area contributed by atoms with Gasteiger partial charge in [0.15, 0.2) is 0 Å². The number of rotatable bonds is 5. The Labute approximate surface area is 120 Å². The minimum Gasteiger partial charge on any atom is -0.393 e. The Kier molecular flexibility index (Phi) is 5.12. The first-order valence-electron chi connectivity index (χ1n) is 6.97. The molecule has 1 saturated heterocycles. The molecule has 2 atom stereocenters. The van der Waals surface area contributed by atoms with Crippen molar-refractivity contribution in [3.63, 3.8) is 0 Å². The van der Waals surface area contributed by atoms with Gasteiger partial charge >= 0.3 is 0 Å². The van der Waals surface area contributed by atoms with Crippen LogP contribution in [0.15, 0.2) is 24.5 Å². The molecule has 1 fully saturated rings. The van der Waals surface area contributed by atoms with Crippen molar-refractivity contribution >= 4 is 10.0 Å². The first-order valence-corrected chi connectivity index (χ1v) is 8.82. The summed E-state index contributed by atoms with van der Waals surface area (Å²) in [6.45, 7) is 1.14. The summed E-state index contributed by atoms with van der Waals surface area (Å²) in [5, 5.41) is 10.1. The zero-order chi connectivity index (χ0) is 14.6. The summed E-state index contributed by atoms with van der Waals surface area (Å²) in [6.07, 6.45) is 7.34. The van der Waals surface area contributed by atoms with Gasteiger partial charge in [-0.3, -0.25) is 4.98 Å². The summed E-state index contributed by atoms with van der Waals surface area (Å²) in [4.78, 5) is 4.03. The molecule has 1 aromatic rings. The second-order valence-corrected chi connectivity index (χ2v) is 7.57. The molecule has 1 aliphatic rings. The Bertz CT molecular complexity index is 518. The Morgan fingerprint density at radius 1 is 1.55 bits per heavy atom. The number of hydrogen-bond acceptors (Lipinski definition) is 4. The van der Waals surface area contributed by atoms with Gasteiger partial charge in [-0.2, -0.15) is 0 Å². The molecule has 1 N–H and O–H groups in total. The number of piperidine rings is 1. The van der Waals surface area contributed by atoms with E-state index in [4.69, 9.17) is 0 Å². The monoisotopic (exact) mass is 298 g/mol. The van der Waals surface area contributed by atoms with Gasteiger partial charge < -0.3 is 5.11 Å². The lowest BCUT2D eigenvalue weighted by atomic mass is 9.91. The van der Waals surface area contributed by atoms with Crippen molar-refractivity contribution in [3.05, 3.63) is 30.1 Å². The quantitative estimate of drug-likeness (QED) is 0.882. The number of nitrogens with zero attached hydrogens (tertiary/aromatic N) is 2. The molecule has 0 amide bonds. The first-order chi connectivity index (χ1) is 9.45. The van der Waals surface area contributed by atoms with Crippen LogP contribution >= 0.6 is 0 Å². The molecule has 0 aromatic carbocycles. The third-order valence-corrected chi connectivity index (χ3v) is 5.02. The Morgan fingerprint density at radius 2 is 2.35 bits per heavy atom. The molecule has 0 saturated carbocycles. The molecule has 1 aromatic heterocycles. The van der Waals surface area contributed by atoms with Crippen molar-refractivity contribution < 1.29 is 13.5 Å². The highest BCUT2D eigenvalue weighted by Crippen LogP contribution is 2.23. The average Bonchev–Trinajstić information content (AvgIpc) is 2.39. The van der Waals surface area contributed by atoms with E-state index in [2.05, 4.69) is 4.98 Å². The van der Waals surface area contributed by atoms with Gasteiger partial charge in [-0.25, -0.2) is 12.7 Å². The van der Waals surface area contributed by atoms with E-state index in [0.717, 1.165) is 18.4 Å². The van der Waals surface area contributed by atoms with Gasteiger partial charge in [-0.05, 0) is 43.2 Å². The lowest BCUT2D eigenvalue weighted by Crippen LogP contribution is -2.40. The van der Waals surface area contributed by atoms with Crippen LogP contribution in [0.25, 0.3) is 0 Å². The summed E-state index contributed by atoms with van der Waals surface area (Å²) in [5.41, 5.74) is 1.01. The number of pyridine rings is 1. The van der Waals surface area contributed by atoms with Gasteiger partial charge in [0.1, 0.15) is 0 Å². The fraction of sp³-hybridized carbons (Fsp3) is 0.643. The SMILES string of the molecule is CS(=O)(=O)N1CCCC(CC(O)Cc2cccnc2)C1. The Balaban J connectivity index is 1.86. The van der Waals surface area contributed by atoms with Crippen LogP contribution in [0, 0.1) is 5.92 Å². The summed E-state index contributed by atoms with van der Waals surface area (Å²) >= 11 is 0. The molecule has 2 unspecified atom stereocenters. The van der Waals surface area contributed by atoms with Crippen molar-refractivity contribution in [1.82, 2.24) is 9.29 Å². The normalized spacial score (nSPS) is 22.6. The lowest BCUT2D eigenvalue weighted by Gasteiger charge is -2.32. The van der Waals surface area contributed by atoms with Gasteiger partial charge in [0.05, 0.1) is 12.4 Å². The predicted molar refractivity (Wildman–Crippen MR) is 77.7 cm³/mol. The number of aromatic nitrogens is 1. The molecule has 0 spiro atoms. The van der Waals surface area contributed by atoms with E-state index in [9.17, 15) is 13.5 Å².